The SMILES string of the molecule is CC(C)Cn1c(SC(C)C(=O)Nc2ccccc2F)nnc1C(C)Oc1ccccc1Cl. The van der Waals surface area contributed by atoms with Gasteiger partial charge in [0, 0.05) is 6.54 Å². The van der Waals surface area contributed by atoms with Crippen molar-refractivity contribution in [3.8, 4) is 5.75 Å². The van der Waals surface area contributed by atoms with Gasteiger partial charge in [-0.05, 0) is 44.0 Å². The number of ether oxygens (including phenoxy) is 1. The van der Waals surface area contributed by atoms with Crippen LogP contribution in [0.15, 0.2) is 53.7 Å². The van der Waals surface area contributed by atoms with Crippen LogP contribution in [0.1, 0.15) is 39.6 Å². The fraction of sp³-hybridized carbons (Fsp3) is 0.348. The van der Waals surface area contributed by atoms with Gasteiger partial charge in [0.05, 0.1) is 16.0 Å². The van der Waals surface area contributed by atoms with E-state index in [1.54, 1.807) is 31.2 Å². The molecule has 0 saturated heterocycles. The van der Waals surface area contributed by atoms with Gasteiger partial charge in [0.15, 0.2) is 17.1 Å². The summed E-state index contributed by atoms with van der Waals surface area (Å²) in [5.41, 5.74) is 0.149. The van der Waals surface area contributed by atoms with E-state index in [9.17, 15) is 9.18 Å². The lowest BCUT2D eigenvalue weighted by molar-refractivity contribution is -0.115. The highest BCUT2D eigenvalue weighted by Gasteiger charge is 2.24. The molecule has 0 aliphatic carbocycles. The number of hydrogen-bond acceptors (Lipinski definition) is 5. The van der Waals surface area contributed by atoms with Crippen molar-refractivity contribution in [2.75, 3.05) is 5.32 Å². The van der Waals surface area contributed by atoms with Crippen molar-refractivity contribution in [3.05, 3.63) is 65.2 Å². The van der Waals surface area contributed by atoms with E-state index in [1.807, 2.05) is 23.6 Å². The van der Waals surface area contributed by atoms with E-state index in [-0.39, 0.29) is 11.6 Å². The van der Waals surface area contributed by atoms with Crippen LogP contribution in [0.25, 0.3) is 0 Å². The molecule has 1 N–H and O–H groups in total. The summed E-state index contributed by atoms with van der Waals surface area (Å²) in [6.07, 6.45) is -0.405. The summed E-state index contributed by atoms with van der Waals surface area (Å²) in [5.74, 6) is 0.726. The Hall–Kier alpha value is -2.58. The van der Waals surface area contributed by atoms with Crippen LogP contribution in [0.5, 0.6) is 5.75 Å². The highest BCUT2D eigenvalue weighted by Crippen LogP contribution is 2.31. The smallest absolute Gasteiger partial charge is 0.237 e. The molecule has 0 saturated carbocycles. The first-order valence-electron chi connectivity index (χ1n) is 10.3. The number of benzene rings is 2. The molecule has 170 valence electrons. The third-order valence-electron chi connectivity index (χ3n) is 4.58. The van der Waals surface area contributed by atoms with Crippen LogP contribution in [0.3, 0.4) is 0 Å². The van der Waals surface area contributed by atoms with Crippen LogP contribution in [0, 0.1) is 11.7 Å². The average molecular weight is 477 g/mol. The molecule has 2 unspecified atom stereocenters. The quantitative estimate of drug-likeness (QED) is 0.384. The number of nitrogens with one attached hydrogen (secondary N) is 1. The molecule has 2 aromatic carbocycles. The fourth-order valence-corrected chi connectivity index (χ4v) is 4.06. The van der Waals surface area contributed by atoms with E-state index in [0.29, 0.717) is 34.2 Å². The zero-order valence-electron chi connectivity index (χ0n) is 18.4. The van der Waals surface area contributed by atoms with Crippen LogP contribution in [-0.2, 0) is 11.3 Å². The molecule has 0 fully saturated rings. The zero-order valence-corrected chi connectivity index (χ0v) is 20.0. The van der Waals surface area contributed by atoms with E-state index >= 15 is 0 Å². The number of rotatable bonds is 9. The number of hydrogen-bond donors (Lipinski definition) is 1. The lowest BCUT2D eigenvalue weighted by Gasteiger charge is -2.19. The number of carbonyl (C=O) groups is 1. The summed E-state index contributed by atoms with van der Waals surface area (Å²) < 4.78 is 21.9. The Morgan fingerprint density at radius 1 is 1.12 bits per heavy atom. The molecule has 0 aliphatic rings. The number of thioether (sulfide) groups is 1. The number of para-hydroxylation sites is 2. The van der Waals surface area contributed by atoms with Crippen molar-refractivity contribution >= 4 is 35.0 Å². The standard InChI is InChI=1S/C23H26ClFN4O2S/c1-14(2)13-29-21(15(3)31-20-12-8-5-9-17(20)24)27-28-23(29)32-16(4)22(30)26-19-11-7-6-10-18(19)25/h5-12,14-16H,13H2,1-4H3,(H,26,30). The molecule has 1 aromatic heterocycles. The van der Waals surface area contributed by atoms with Gasteiger partial charge in [-0.2, -0.15) is 0 Å². The highest BCUT2D eigenvalue weighted by molar-refractivity contribution is 8.00. The molecular formula is C23H26ClFN4O2S. The molecular weight excluding hydrogens is 451 g/mol. The summed E-state index contributed by atoms with van der Waals surface area (Å²) in [5, 5.41) is 11.9. The molecule has 0 spiro atoms. The van der Waals surface area contributed by atoms with E-state index < -0.39 is 17.2 Å². The van der Waals surface area contributed by atoms with Gasteiger partial charge in [-0.1, -0.05) is 61.5 Å². The summed E-state index contributed by atoms with van der Waals surface area (Å²) in [6.45, 7) is 8.46. The second-order valence-electron chi connectivity index (χ2n) is 7.76. The van der Waals surface area contributed by atoms with Crippen molar-refractivity contribution in [2.24, 2.45) is 5.92 Å². The summed E-state index contributed by atoms with van der Waals surface area (Å²) in [7, 11) is 0. The van der Waals surface area contributed by atoms with Crippen molar-refractivity contribution < 1.29 is 13.9 Å². The van der Waals surface area contributed by atoms with Gasteiger partial charge in [0.1, 0.15) is 11.6 Å². The van der Waals surface area contributed by atoms with Gasteiger partial charge in [-0.3, -0.25) is 4.79 Å². The van der Waals surface area contributed by atoms with Gasteiger partial charge < -0.3 is 14.6 Å². The Bertz CT molecular complexity index is 1080. The van der Waals surface area contributed by atoms with Crippen molar-refractivity contribution in [1.29, 1.82) is 0 Å². The van der Waals surface area contributed by atoms with Gasteiger partial charge in [0.25, 0.3) is 0 Å². The summed E-state index contributed by atoms with van der Waals surface area (Å²) in [6, 6.07) is 13.3. The molecule has 1 heterocycles. The Balaban J connectivity index is 1.77. The monoisotopic (exact) mass is 476 g/mol. The minimum atomic E-state index is -0.516. The maximum absolute atomic E-state index is 13.9. The van der Waals surface area contributed by atoms with Crippen molar-refractivity contribution in [1.82, 2.24) is 14.8 Å². The Morgan fingerprint density at radius 3 is 2.50 bits per heavy atom. The van der Waals surface area contributed by atoms with E-state index in [0.717, 1.165) is 0 Å². The Kier molecular flexibility index (Phi) is 8.15. The topological polar surface area (TPSA) is 69.0 Å². The molecule has 3 rings (SSSR count). The predicted octanol–water partition coefficient (Wildman–Crippen LogP) is 5.99. The van der Waals surface area contributed by atoms with Crippen LogP contribution in [0.4, 0.5) is 10.1 Å². The Labute approximate surface area is 196 Å². The molecule has 0 bridgehead atoms. The van der Waals surface area contributed by atoms with Crippen LogP contribution < -0.4 is 10.1 Å². The average Bonchev–Trinajstić information content (AvgIpc) is 3.12. The van der Waals surface area contributed by atoms with E-state index in [2.05, 4.69) is 29.4 Å². The van der Waals surface area contributed by atoms with Crippen LogP contribution >= 0.6 is 23.4 Å². The van der Waals surface area contributed by atoms with Gasteiger partial charge in [-0.15, -0.1) is 10.2 Å². The number of carbonyl (C=O) groups excluding carboxylic acids is 1. The van der Waals surface area contributed by atoms with Crippen molar-refractivity contribution in [3.63, 3.8) is 0 Å². The molecule has 1 amide bonds. The maximum Gasteiger partial charge on any atom is 0.237 e. The zero-order chi connectivity index (χ0) is 23.3. The molecule has 9 heteroatoms. The Morgan fingerprint density at radius 2 is 1.81 bits per heavy atom. The van der Waals surface area contributed by atoms with E-state index in [1.165, 1.54) is 23.9 Å². The number of aromatic nitrogens is 3. The minimum Gasteiger partial charge on any atom is -0.481 e. The number of halogens is 2. The highest BCUT2D eigenvalue weighted by atomic mass is 35.5. The molecule has 0 radical (unpaired) electrons. The van der Waals surface area contributed by atoms with Crippen molar-refractivity contribution in [2.45, 2.75) is 50.8 Å². The normalized spacial score (nSPS) is 13.1. The minimum absolute atomic E-state index is 0.149. The first-order chi connectivity index (χ1) is 15.3. The summed E-state index contributed by atoms with van der Waals surface area (Å²) in [4.78, 5) is 12.6. The third kappa shape index (κ3) is 6.01. The van der Waals surface area contributed by atoms with Crippen LogP contribution in [-0.4, -0.2) is 25.9 Å². The number of anilines is 1. The second kappa shape index (κ2) is 10.8. The first-order valence-corrected chi connectivity index (χ1v) is 11.6. The first kappa shape index (κ1) is 24.1. The number of nitrogens with zero attached hydrogens (tertiary/aromatic N) is 3. The van der Waals surface area contributed by atoms with Gasteiger partial charge in [0.2, 0.25) is 5.91 Å². The fourth-order valence-electron chi connectivity index (χ4n) is 3.02. The predicted molar refractivity (Wildman–Crippen MR) is 126 cm³/mol. The van der Waals surface area contributed by atoms with E-state index in [4.69, 9.17) is 16.3 Å². The molecule has 32 heavy (non-hydrogen) atoms. The molecule has 3 aromatic rings. The van der Waals surface area contributed by atoms with Gasteiger partial charge in [-0.25, -0.2) is 4.39 Å². The lowest BCUT2D eigenvalue weighted by Crippen LogP contribution is -2.24. The lowest BCUT2D eigenvalue weighted by atomic mass is 10.2. The third-order valence-corrected chi connectivity index (χ3v) is 5.97. The maximum atomic E-state index is 13.9. The molecule has 0 aliphatic heterocycles. The largest absolute Gasteiger partial charge is 0.481 e. The van der Waals surface area contributed by atoms with Crippen LogP contribution in [0.2, 0.25) is 5.02 Å². The molecule has 2 atom stereocenters. The summed E-state index contributed by atoms with van der Waals surface area (Å²) >= 11 is 7.49. The van der Waals surface area contributed by atoms with Gasteiger partial charge >= 0.3 is 0 Å². The second-order valence-corrected chi connectivity index (χ2v) is 9.48. The number of amides is 1. The molecule has 6 nitrogen and oxygen atoms in total.